The third-order valence-electron chi connectivity index (χ3n) is 8.56. The van der Waals surface area contributed by atoms with Gasteiger partial charge in [-0.25, -0.2) is 9.37 Å². The van der Waals surface area contributed by atoms with Crippen LogP contribution in [0.5, 0.6) is 0 Å². The van der Waals surface area contributed by atoms with Gasteiger partial charge in [0, 0.05) is 23.6 Å². The van der Waals surface area contributed by atoms with Crippen molar-refractivity contribution in [1.82, 2.24) is 4.98 Å². The quantitative estimate of drug-likeness (QED) is 0.454. The van der Waals surface area contributed by atoms with Gasteiger partial charge in [0.1, 0.15) is 11.6 Å². The Hall–Kier alpha value is -3.02. The van der Waals surface area contributed by atoms with Crippen molar-refractivity contribution in [3.63, 3.8) is 0 Å². The van der Waals surface area contributed by atoms with Gasteiger partial charge in [-0.1, -0.05) is 13.0 Å². The van der Waals surface area contributed by atoms with Crippen LogP contribution in [0.3, 0.4) is 0 Å². The lowest BCUT2D eigenvalue weighted by Crippen LogP contribution is -2.44. The van der Waals surface area contributed by atoms with E-state index in [2.05, 4.69) is 10.3 Å². The summed E-state index contributed by atoms with van der Waals surface area (Å²) in [4.78, 5) is 30.4. The van der Waals surface area contributed by atoms with Gasteiger partial charge in [-0.15, -0.1) is 0 Å². The zero-order chi connectivity index (χ0) is 24.0. The molecule has 178 valence electrons. The predicted molar refractivity (Wildman–Crippen MR) is 128 cm³/mol. The average molecular weight is 463 g/mol. The summed E-state index contributed by atoms with van der Waals surface area (Å²) in [6, 6.07) is 8.80. The van der Waals surface area contributed by atoms with E-state index in [1.807, 2.05) is 32.0 Å². The van der Waals surface area contributed by atoms with Crippen LogP contribution >= 0.6 is 0 Å². The number of nitrogens with zero attached hydrogens (tertiary/aromatic N) is 1. The maximum Gasteiger partial charge on any atom is 0.225 e. The largest absolute Gasteiger partial charge is 0.515 e. The summed E-state index contributed by atoms with van der Waals surface area (Å²) in [7, 11) is 0. The number of aryl methyl sites for hydroxylation is 2. The second-order valence-corrected chi connectivity index (χ2v) is 10.5. The molecule has 6 heteroatoms. The normalized spacial score (nSPS) is 31.0. The monoisotopic (exact) mass is 462 g/mol. The lowest BCUT2D eigenvalue weighted by molar-refractivity contribution is -0.127. The number of fused-ring (bicyclic) bond motifs is 5. The van der Waals surface area contributed by atoms with Crippen molar-refractivity contribution in [2.24, 2.45) is 23.2 Å². The van der Waals surface area contributed by atoms with E-state index in [1.54, 1.807) is 12.3 Å². The number of hydrogen-bond donors (Lipinski definition) is 2. The van der Waals surface area contributed by atoms with Crippen LogP contribution in [0.2, 0.25) is 0 Å². The molecule has 0 spiro atoms. The van der Waals surface area contributed by atoms with E-state index in [-0.39, 0.29) is 47.6 Å². The minimum absolute atomic E-state index is 0.0223. The maximum absolute atomic E-state index is 13.8. The van der Waals surface area contributed by atoms with Crippen molar-refractivity contribution in [2.75, 3.05) is 5.32 Å². The highest BCUT2D eigenvalue weighted by molar-refractivity contribution is 6.03. The first-order chi connectivity index (χ1) is 16.3. The molecule has 1 aromatic heterocycles. The molecule has 34 heavy (non-hydrogen) atoms. The number of halogens is 1. The first-order valence-corrected chi connectivity index (χ1v) is 12.2. The van der Waals surface area contributed by atoms with Crippen molar-refractivity contribution in [3.05, 3.63) is 70.9 Å². The summed E-state index contributed by atoms with van der Waals surface area (Å²) >= 11 is 0. The van der Waals surface area contributed by atoms with Gasteiger partial charge in [-0.2, -0.15) is 0 Å². The Bertz CT molecular complexity index is 1180. The molecule has 2 N–H and O–H groups in total. The summed E-state index contributed by atoms with van der Waals surface area (Å²) < 4.78 is 13.8. The van der Waals surface area contributed by atoms with E-state index in [0.29, 0.717) is 17.8 Å². The van der Waals surface area contributed by atoms with Gasteiger partial charge < -0.3 is 10.4 Å². The van der Waals surface area contributed by atoms with Crippen molar-refractivity contribution in [1.29, 1.82) is 0 Å². The number of Topliss-reactive ketones (excluding diaryl/α,β-unsaturated/α-hetero) is 1. The van der Waals surface area contributed by atoms with Crippen LogP contribution in [-0.2, 0) is 16.0 Å². The van der Waals surface area contributed by atoms with E-state index in [4.69, 9.17) is 0 Å². The molecule has 2 aromatic rings. The summed E-state index contributed by atoms with van der Waals surface area (Å²) in [5.41, 5.74) is 3.22. The maximum atomic E-state index is 13.8. The zero-order valence-electron chi connectivity index (χ0n) is 19.7. The highest BCUT2D eigenvalue weighted by atomic mass is 19.1. The molecule has 3 unspecified atom stereocenters. The number of hydrogen-bond acceptors (Lipinski definition) is 4. The number of benzene rings is 1. The van der Waals surface area contributed by atoms with E-state index < -0.39 is 5.41 Å². The number of carbonyl (C=O) groups is 2. The first-order valence-electron chi connectivity index (χ1n) is 12.2. The van der Waals surface area contributed by atoms with E-state index in [0.717, 1.165) is 43.1 Å². The van der Waals surface area contributed by atoms with Gasteiger partial charge in [-0.05, 0) is 104 Å². The van der Waals surface area contributed by atoms with Crippen LogP contribution in [0.4, 0.5) is 10.2 Å². The number of rotatable bonds is 4. The van der Waals surface area contributed by atoms with Crippen molar-refractivity contribution in [2.45, 2.75) is 58.3 Å². The fourth-order valence-electron chi connectivity index (χ4n) is 7.09. The third kappa shape index (κ3) is 3.73. The van der Waals surface area contributed by atoms with E-state index in [1.165, 1.54) is 11.6 Å². The fourth-order valence-corrected chi connectivity index (χ4v) is 7.09. The van der Waals surface area contributed by atoms with Crippen LogP contribution in [0.25, 0.3) is 0 Å². The molecule has 5 atom stereocenters. The molecule has 0 aliphatic heterocycles. The molecule has 5 nitrogen and oxygen atoms in total. The van der Waals surface area contributed by atoms with Crippen molar-refractivity contribution < 1.29 is 19.1 Å². The number of aromatic nitrogens is 1. The number of pyridine rings is 1. The van der Waals surface area contributed by atoms with Crippen molar-refractivity contribution >= 4 is 17.5 Å². The summed E-state index contributed by atoms with van der Waals surface area (Å²) in [5.74, 6) is 0.623. The second kappa shape index (κ2) is 8.64. The molecule has 3 aliphatic rings. The Kier molecular flexibility index (Phi) is 5.78. The van der Waals surface area contributed by atoms with Gasteiger partial charge in [0.25, 0.3) is 0 Å². The minimum atomic E-state index is -0.535. The number of anilines is 1. The van der Waals surface area contributed by atoms with Gasteiger partial charge in [0.15, 0.2) is 5.78 Å². The number of allylic oxidation sites excluding steroid dienone is 1. The lowest BCUT2D eigenvalue weighted by atomic mass is 9.54. The molecular weight excluding hydrogens is 431 g/mol. The summed E-state index contributed by atoms with van der Waals surface area (Å²) in [6.07, 6.45) is 6.69. The van der Waals surface area contributed by atoms with E-state index in [9.17, 15) is 19.1 Å². The molecule has 0 bridgehead atoms. The van der Waals surface area contributed by atoms with Gasteiger partial charge in [0.05, 0.1) is 6.26 Å². The Morgan fingerprint density at radius 2 is 2.12 bits per heavy atom. The summed E-state index contributed by atoms with van der Waals surface area (Å²) in [5, 5.41) is 12.9. The van der Waals surface area contributed by atoms with Crippen LogP contribution in [0, 0.1) is 35.9 Å². The Balaban J connectivity index is 1.40. The SMILES string of the molecule is Cc1ccnc(NC(=O)CC[C@@H]2/C(=C/O)C(=O)[C@@]3(C)CCC4c5ccc(F)cc5CCC4C23)c1. The Morgan fingerprint density at radius 1 is 1.29 bits per heavy atom. The van der Waals surface area contributed by atoms with Crippen LogP contribution < -0.4 is 5.32 Å². The van der Waals surface area contributed by atoms with Gasteiger partial charge in [-0.3, -0.25) is 9.59 Å². The fraction of sp³-hybridized carbons (Fsp3) is 0.464. The van der Waals surface area contributed by atoms with Crippen molar-refractivity contribution in [3.8, 4) is 0 Å². The van der Waals surface area contributed by atoms with Gasteiger partial charge in [0.2, 0.25) is 5.91 Å². The Labute approximate surface area is 199 Å². The molecule has 2 saturated carbocycles. The van der Waals surface area contributed by atoms with E-state index >= 15 is 0 Å². The van der Waals surface area contributed by atoms with Crippen LogP contribution in [-0.4, -0.2) is 21.8 Å². The molecule has 2 fully saturated rings. The standard InChI is InChI=1S/C28H31FN2O3/c1-16-10-12-30-24(13-16)31-25(33)8-7-22-23(15-32)27(34)28(2)11-9-20-19-6-4-18(29)14-17(19)3-5-21(20)26(22)28/h4,6,10,12-15,20-22,26,32H,3,5,7-9,11H2,1-2H3,(H,30,31,33)/b23-15-/t20?,21?,22-,26?,28+/m1/s1. The highest BCUT2D eigenvalue weighted by Crippen LogP contribution is 2.63. The second-order valence-electron chi connectivity index (χ2n) is 10.5. The number of aliphatic hydroxyl groups is 1. The molecule has 1 amide bonds. The first kappa shape index (κ1) is 22.8. The lowest BCUT2D eigenvalue weighted by Gasteiger charge is -2.49. The molecule has 5 rings (SSSR count). The molecule has 1 aromatic carbocycles. The number of ketones is 1. The number of amides is 1. The molecular formula is C28H31FN2O3. The molecule has 1 heterocycles. The zero-order valence-corrected chi connectivity index (χ0v) is 19.7. The smallest absolute Gasteiger partial charge is 0.225 e. The van der Waals surface area contributed by atoms with Crippen LogP contribution in [0.15, 0.2) is 48.4 Å². The number of carbonyl (C=O) groups excluding carboxylic acids is 2. The van der Waals surface area contributed by atoms with Crippen LogP contribution in [0.1, 0.15) is 61.6 Å². The number of nitrogens with one attached hydrogen (secondary N) is 1. The predicted octanol–water partition coefficient (Wildman–Crippen LogP) is 5.65. The number of aliphatic hydroxyl groups excluding tert-OH is 1. The molecule has 0 saturated heterocycles. The average Bonchev–Trinajstić information content (AvgIpc) is 3.03. The van der Waals surface area contributed by atoms with Gasteiger partial charge >= 0.3 is 0 Å². The highest BCUT2D eigenvalue weighted by Gasteiger charge is 2.60. The Morgan fingerprint density at radius 3 is 2.88 bits per heavy atom. The topological polar surface area (TPSA) is 79.3 Å². The third-order valence-corrected chi connectivity index (χ3v) is 8.56. The summed E-state index contributed by atoms with van der Waals surface area (Å²) in [6.45, 7) is 3.98. The minimum Gasteiger partial charge on any atom is -0.515 e. The molecule has 3 aliphatic carbocycles. The molecule has 0 radical (unpaired) electrons.